The summed E-state index contributed by atoms with van der Waals surface area (Å²) in [4.78, 5) is 0.850. The molecule has 0 amide bonds. The van der Waals surface area contributed by atoms with Crippen LogP contribution in [-0.2, 0) is 0 Å². The zero-order valence-corrected chi connectivity index (χ0v) is 7.27. The number of aliphatic hydroxyl groups is 1. The Morgan fingerprint density at radius 1 is 1.75 bits per heavy atom. The number of thiophene rings is 1. The number of nitrogens with one attached hydrogen (secondary N) is 1. The van der Waals surface area contributed by atoms with E-state index >= 15 is 0 Å². The maximum absolute atomic E-state index is 8.73. The van der Waals surface area contributed by atoms with E-state index in [2.05, 4.69) is 0 Å². The molecule has 0 radical (unpaired) electrons. The molecule has 0 saturated carbocycles. The molecule has 5 heteroatoms. The second-order valence-corrected chi connectivity index (χ2v) is 3.38. The Hall–Kier alpha value is -0.910. The first-order chi connectivity index (χ1) is 5.65. The Morgan fingerprint density at radius 2 is 2.42 bits per heavy atom. The van der Waals surface area contributed by atoms with Crippen molar-refractivity contribution in [2.45, 2.75) is 6.04 Å². The Labute approximate surface area is 74.3 Å². The van der Waals surface area contributed by atoms with Gasteiger partial charge in [-0.1, -0.05) is 0 Å². The third-order valence-electron chi connectivity index (χ3n) is 1.49. The highest BCUT2D eigenvalue weighted by Gasteiger charge is 2.08. The summed E-state index contributed by atoms with van der Waals surface area (Å²) in [6, 6.07) is 1.37. The monoisotopic (exact) mass is 185 g/mol. The molecule has 0 fully saturated rings. The van der Waals surface area contributed by atoms with Gasteiger partial charge >= 0.3 is 0 Å². The molecule has 0 unspecified atom stereocenters. The normalized spacial score (nSPS) is 12.8. The van der Waals surface area contributed by atoms with Crippen LogP contribution < -0.4 is 11.5 Å². The van der Waals surface area contributed by atoms with Crippen molar-refractivity contribution in [3.8, 4) is 0 Å². The Kier molecular flexibility index (Phi) is 2.80. The number of hydrogen-bond donors (Lipinski definition) is 4. The number of rotatable bonds is 3. The number of nitrogen functional groups attached to an aromatic ring is 1. The Bertz CT molecular complexity index is 284. The second kappa shape index (κ2) is 3.66. The third-order valence-corrected chi connectivity index (χ3v) is 2.56. The van der Waals surface area contributed by atoms with Crippen molar-refractivity contribution < 1.29 is 5.11 Å². The average molecular weight is 185 g/mol. The molecule has 0 saturated heterocycles. The van der Waals surface area contributed by atoms with Crippen LogP contribution in [-0.4, -0.2) is 17.5 Å². The van der Waals surface area contributed by atoms with Crippen LogP contribution in [0.3, 0.4) is 0 Å². The van der Waals surface area contributed by atoms with Crippen molar-refractivity contribution in [3.05, 3.63) is 21.9 Å². The molecular weight excluding hydrogens is 174 g/mol. The summed E-state index contributed by atoms with van der Waals surface area (Å²) in [6.45, 7) is -0.0855. The van der Waals surface area contributed by atoms with Gasteiger partial charge in [0, 0.05) is 15.8 Å². The first kappa shape index (κ1) is 9.18. The second-order valence-electron chi connectivity index (χ2n) is 2.44. The van der Waals surface area contributed by atoms with Crippen LogP contribution in [0.2, 0.25) is 0 Å². The Balaban J connectivity index is 2.84. The van der Waals surface area contributed by atoms with Gasteiger partial charge in [0.15, 0.2) is 0 Å². The highest BCUT2D eigenvalue weighted by atomic mass is 32.1. The summed E-state index contributed by atoms with van der Waals surface area (Å²) in [5, 5.41) is 17.6. The summed E-state index contributed by atoms with van der Waals surface area (Å²) in [5.41, 5.74) is 11.5. The van der Waals surface area contributed by atoms with Crippen LogP contribution in [0, 0.1) is 5.41 Å². The van der Waals surface area contributed by atoms with Crippen molar-refractivity contribution in [2.75, 3.05) is 6.61 Å². The number of hydrogen-bond acceptors (Lipinski definition) is 4. The number of aliphatic hydroxyl groups excluding tert-OH is 1. The first-order valence-electron chi connectivity index (χ1n) is 3.44. The lowest BCUT2D eigenvalue weighted by Gasteiger charge is -2.02. The SMILES string of the molecule is N=C(N)c1csc([C@@H](N)CO)c1. The van der Waals surface area contributed by atoms with Gasteiger partial charge in [0.25, 0.3) is 0 Å². The molecular formula is C7H11N3OS. The molecule has 4 nitrogen and oxygen atoms in total. The van der Waals surface area contributed by atoms with Gasteiger partial charge in [0.2, 0.25) is 0 Å². The molecule has 6 N–H and O–H groups in total. The van der Waals surface area contributed by atoms with Gasteiger partial charge < -0.3 is 16.6 Å². The summed E-state index contributed by atoms with van der Waals surface area (Å²) in [5.74, 6) is 0.0302. The fourth-order valence-electron chi connectivity index (χ4n) is 0.778. The minimum Gasteiger partial charge on any atom is -0.394 e. The average Bonchev–Trinajstić information content (AvgIpc) is 2.51. The van der Waals surface area contributed by atoms with Crippen molar-refractivity contribution >= 4 is 17.2 Å². The molecule has 1 atom stereocenters. The van der Waals surface area contributed by atoms with Gasteiger partial charge in [0.1, 0.15) is 5.84 Å². The quantitative estimate of drug-likeness (QED) is 0.395. The van der Waals surface area contributed by atoms with E-state index in [0.717, 1.165) is 4.88 Å². The molecule has 0 spiro atoms. The van der Waals surface area contributed by atoms with E-state index in [0.29, 0.717) is 5.56 Å². The van der Waals surface area contributed by atoms with Crippen LogP contribution in [0.1, 0.15) is 16.5 Å². The van der Waals surface area contributed by atoms with Crippen LogP contribution >= 0.6 is 11.3 Å². The lowest BCUT2D eigenvalue weighted by Crippen LogP contribution is -2.13. The molecule has 1 heterocycles. The molecule has 1 rings (SSSR count). The van der Waals surface area contributed by atoms with Crippen molar-refractivity contribution in [3.63, 3.8) is 0 Å². The number of nitrogens with two attached hydrogens (primary N) is 2. The lowest BCUT2D eigenvalue weighted by molar-refractivity contribution is 0.269. The zero-order valence-electron chi connectivity index (χ0n) is 6.45. The van der Waals surface area contributed by atoms with Gasteiger partial charge in [-0.2, -0.15) is 0 Å². The van der Waals surface area contributed by atoms with Gasteiger partial charge in [-0.25, -0.2) is 0 Å². The molecule has 0 aromatic carbocycles. The van der Waals surface area contributed by atoms with Crippen molar-refractivity contribution in [1.29, 1.82) is 5.41 Å². The molecule has 1 aromatic heterocycles. The standard InChI is InChI=1S/C7H11N3OS/c8-5(2-11)6-1-4(3-12-6)7(9)10/h1,3,5,11H,2,8H2,(H3,9,10)/t5-/m0/s1. The lowest BCUT2D eigenvalue weighted by atomic mass is 10.2. The number of amidine groups is 1. The fourth-order valence-corrected chi connectivity index (χ4v) is 1.68. The van der Waals surface area contributed by atoms with Crippen LogP contribution in [0.4, 0.5) is 0 Å². The van der Waals surface area contributed by atoms with Crippen LogP contribution in [0.5, 0.6) is 0 Å². The van der Waals surface area contributed by atoms with Gasteiger partial charge in [-0.05, 0) is 6.07 Å². The summed E-state index contributed by atoms with van der Waals surface area (Å²) < 4.78 is 0. The summed E-state index contributed by atoms with van der Waals surface area (Å²) in [7, 11) is 0. The van der Waals surface area contributed by atoms with Crippen molar-refractivity contribution in [2.24, 2.45) is 11.5 Å². The van der Waals surface area contributed by atoms with E-state index in [1.807, 2.05) is 0 Å². The predicted molar refractivity (Wildman–Crippen MR) is 49.3 cm³/mol. The molecule has 0 aliphatic rings. The van der Waals surface area contributed by atoms with E-state index in [4.69, 9.17) is 22.0 Å². The van der Waals surface area contributed by atoms with Gasteiger partial charge in [-0.15, -0.1) is 11.3 Å². The molecule has 0 bridgehead atoms. The van der Waals surface area contributed by atoms with E-state index in [1.54, 1.807) is 11.4 Å². The highest BCUT2D eigenvalue weighted by Crippen LogP contribution is 2.19. The molecule has 0 aliphatic carbocycles. The molecule has 0 aliphatic heterocycles. The van der Waals surface area contributed by atoms with Crippen LogP contribution in [0.25, 0.3) is 0 Å². The van der Waals surface area contributed by atoms with E-state index < -0.39 is 0 Å². The van der Waals surface area contributed by atoms with E-state index in [1.165, 1.54) is 11.3 Å². The molecule has 12 heavy (non-hydrogen) atoms. The predicted octanol–water partition coefficient (Wildman–Crippen LogP) is 0.0243. The molecule has 1 aromatic rings. The summed E-state index contributed by atoms with van der Waals surface area (Å²) >= 11 is 1.40. The topological polar surface area (TPSA) is 96.1 Å². The maximum atomic E-state index is 8.73. The first-order valence-corrected chi connectivity index (χ1v) is 4.32. The minimum atomic E-state index is -0.358. The van der Waals surface area contributed by atoms with E-state index in [9.17, 15) is 0 Å². The Morgan fingerprint density at radius 3 is 2.83 bits per heavy atom. The third kappa shape index (κ3) is 1.82. The maximum Gasteiger partial charge on any atom is 0.123 e. The zero-order chi connectivity index (χ0) is 9.14. The molecule has 66 valence electrons. The highest BCUT2D eigenvalue weighted by molar-refractivity contribution is 7.10. The van der Waals surface area contributed by atoms with Gasteiger partial charge in [-0.3, -0.25) is 5.41 Å². The van der Waals surface area contributed by atoms with E-state index in [-0.39, 0.29) is 18.5 Å². The largest absolute Gasteiger partial charge is 0.394 e. The van der Waals surface area contributed by atoms with Gasteiger partial charge in [0.05, 0.1) is 12.6 Å². The summed E-state index contributed by atoms with van der Waals surface area (Å²) in [6.07, 6.45) is 0. The minimum absolute atomic E-state index is 0.0302. The fraction of sp³-hybridized carbons (Fsp3) is 0.286. The smallest absolute Gasteiger partial charge is 0.123 e. The van der Waals surface area contributed by atoms with Crippen molar-refractivity contribution in [1.82, 2.24) is 0 Å². The van der Waals surface area contributed by atoms with Crippen LogP contribution in [0.15, 0.2) is 11.4 Å².